The predicted molar refractivity (Wildman–Crippen MR) is 89.1 cm³/mol. The number of hydrogen-bond acceptors (Lipinski definition) is 3. The molecule has 1 aromatic heterocycles. The van der Waals surface area contributed by atoms with Crippen LogP contribution in [0.5, 0.6) is 0 Å². The molecule has 2 heterocycles. The molecule has 1 aliphatic rings. The topological polar surface area (TPSA) is 79.7 Å². The number of aromatic nitrogens is 2. The average molecular weight is 381 g/mol. The molecule has 0 unspecified atom stereocenters. The van der Waals surface area contributed by atoms with Gasteiger partial charge < -0.3 is 11.1 Å². The molecule has 0 amide bonds. The molecule has 20 heavy (non-hydrogen) atoms. The standard InChI is InChI=1S/C14H16IN5/c15-11-7-2-1-5-9(11)12-10-6-3-4-8-18-13(10)20(19-12)14(16)17/h1-2,5,7,18H,3-4,6,8H2,(H3,16,17). The van der Waals surface area contributed by atoms with Crippen LogP contribution in [-0.4, -0.2) is 22.3 Å². The van der Waals surface area contributed by atoms with Crippen molar-refractivity contribution in [1.29, 1.82) is 5.41 Å². The summed E-state index contributed by atoms with van der Waals surface area (Å²) in [5, 5.41) is 15.6. The molecule has 0 spiro atoms. The molecule has 0 bridgehead atoms. The van der Waals surface area contributed by atoms with E-state index in [2.05, 4.69) is 45.1 Å². The molecule has 0 radical (unpaired) electrons. The molecular weight excluding hydrogens is 365 g/mol. The van der Waals surface area contributed by atoms with Crippen molar-refractivity contribution in [1.82, 2.24) is 9.78 Å². The minimum absolute atomic E-state index is 0.0483. The minimum Gasteiger partial charge on any atom is -0.370 e. The second-order valence-electron chi connectivity index (χ2n) is 4.84. The maximum Gasteiger partial charge on any atom is 0.215 e. The summed E-state index contributed by atoms with van der Waals surface area (Å²) < 4.78 is 2.67. The van der Waals surface area contributed by atoms with E-state index in [-0.39, 0.29) is 5.96 Å². The third kappa shape index (κ3) is 2.28. The Hall–Kier alpha value is -1.57. The van der Waals surface area contributed by atoms with E-state index < -0.39 is 0 Å². The second-order valence-corrected chi connectivity index (χ2v) is 6.00. The minimum atomic E-state index is -0.0483. The van der Waals surface area contributed by atoms with Crippen LogP contribution in [0, 0.1) is 8.98 Å². The Morgan fingerprint density at radius 2 is 2.15 bits per heavy atom. The molecule has 1 aliphatic heterocycles. The van der Waals surface area contributed by atoms with Gasteiger partial charge in [0.2, 0.25) is 5.96 Å². The highest BCUT2D eigenvalue weighted by Gasteiger charge is 2.22. The summed E-state index contributed by atoms with van der Waals surface area (Å²) in [6, 6.07) is 8.17. The fraction of sp³-hybridized carbons (Fsp3) is 0.286. The van der Waals surface area contributed by atoms with Crippen molar-refractivity contribution in [3.05, 3.63) is 33.4 Å². The summed E-state index contributed by atoms with van der Waals surface area (Å²) in [7, 11) is 0. The molecule has 0 atom stereocenters. The molecule has 104 valence electrons. The lowest BCUT2D eigenvalue weighted by Crippen LogP contribution is -2.24. The third-order valence-electron chi connectivity index (χ3n) is 3.49. The Bertz CT molecular complexity index is 662. The van der Waals surface area contributed by atoms with Gasteiger partial charge in [0, 0.05) is 21.2 Å². The summed E-state index contributed by atoms with van der Waals surface area (Å²) in [4.78, 5) is 0. The van der Waals surface area contributed by atoms with Crippen LogP contribution in [0.3, 0.4) is 0 Å². The predicted octanol–water partition coefficient (Wildman–Crippen LogP) is 2.64. The van der Waals surface area contributed by atoms with Crippen molar-refractivity contribution in [2.45, 2.75) is 19.3 Å². The zero-order chi connectivity index (χ0) is 14.1. The maximum atomic E-state index is 7.71. The van der Waals surface area contributed by atoms with Crippen LogP contribution in [0.2, 0.25) is 0 Å². The number of nitrogen functional groups attached to an aromatic ring is 1. The highest BCUT2D eigenvalue weighted by atomic mass is 127. The molecule has 0 saturated heterocycles. The number of fused-ring (bicyclic) bond motifs is 1. The van der Waals surface area contributed by atoms with E-state index in [4.69, 9.17) is 11.1 Å². The van der Waals surface area contributed by atoms with Crippen LogP contribution >= 0.6 is 22.6 Å². The molecule has 1 aromatic carbocycles. The number of nitrogens with zero attached hydrogens (tertiary/aromatic N) is 2. The van der Waals surface area contributed by atoms with Gasteiger partial charge in [-0.3, -0.25) is 5.41 Å². The van der Waals surface area contributed by atoms with Gasteiger partial charge in [0.15, 0.2) is 0 Å². The first-order valence-electron chi connectivity index (χ1n) is 6.63. The number of halogens is 1. The molecule has 0 fully saturated rings. The Balaban J connectivity index is 2.21. The first kappa shape index (κ1) is 13.4. The van der Waals surface area contributed by atoms with Crippen molar-refractivity contribution < 1.29 is 0 Å². The number of nitrogens with two attached hydrogens (primary N) is 1. The Labute approximate surface area is 131 Å². The quantitative estimate of drug-likeness (QED) is 0.404. The maximum absolute atomic E-state index is 7.71. The van der Waals surface area contributed by atoms with Gasteiger partial charge in [-0.2, -0.15) is 9.78 Å². The van der Waals surface area contributed by atoms with Gasteiger partial charge in [-0.05, 0) is 47.9 Å². The number of rotatable bonds is 1. The van der Waals surface area contributed by atoms with E-state index in [0.717, 1.165) is 46.5 Å². The second kappa shape index (κ2) is 5.43. The van der Waals surface area contributed by atoms with Gasteiger partial charge in [0.1, 0.15) is 5.82 Å². The zero-order valence-corrected chi connectivity index (χ0v) is 13.1. The van der Waals surface area contributed by atoms with Crippen LogP contribution in [0.4, 0.5) is 5.82 Å². The summed E-state index contributed by atoms with van der Waals surface area (Å²) >= 11 is 2.32. The molecule has 2 aromatic rings. The zero-order valence-electron chi connectivity index (χ0n) is 11.0. The van der Waals surface area contributed by atoms with Crippen LogP contribution in [-0.2, 0) is 6.42 Å². The molecule has 4 N–H and O–H groups in total. The van der Waals surface area contributed by atoms with Crippen LogP contribution in [0.15, 0.2) is 24.3 Å². The first-order chi connectivity index (χ1) is 9.68. The van der Waals surface area contributed by atoms with Gasteiger partial charge in [-0.15, -0.1) is 0 Å². The lowest BCUT2D eigenvalue weighted by Gasteiger charge is -2.06. The van der Waals surface area contributed by atoms with Crippen LogP contribution < -0.4 is 11.1 Å². The van der Waals surface area contributed by atoms with Crippen molar-refractivity contribution in [2.24, 2.45) is 5.73 Å². The number of nitrogens with one attached hydrogen (secondary N) is 2. The third-order valence-corrected chi connectivity index (χ3v) is 4.43. The monoisotopic (exact) mass is 381 g/mol. The van der Waals surface area contributed by atoms with Gasteiger partial charge in [0.05, 0.1) is 5.69 Å². The van der Waals surface area contributed by atoms with Crippen molar-refractivity contribution in [2.75, 3.05) is 11.9 Å². The van der Waals surface area contributed by atoms with Crippen molar-refractivity contribution in [3.8, 4) is 11.3 Å². The summed E-state index contributed by atoms with van der Waals surface area (Å²) in [5.74, 6) is 0.831. The molecule has 6 heteroatoms. The Kier molecular flexibility index (Phi) is 3.64. The van der Waals surface area contributed by atoms with E-state index in [9.17, 15) is 0 Å². The summed E-state index contributed by atoms with van der Waals surface area (Å²) in [6.45, 7) is 0.900. The van der Waals surface area contributed by atoms with E-state index in [1.54, 1.807) is 0 Å². The lowest BCUT2D eigenvalue weighted by molar-refractivity contribution is 0.781. The normalized spacial score (nSPS) is 14.2. The van der Waals surface area contributed by atoms with Gasteiger partial charge in [-0.25, -0.2) is 0 Å². The van der Waals surface area contributed by atoms with E-state index >= 15 is 0 Å². The Morgan fingerprint density at radius 3 is 2.90 bits per heavy atom. The molecule has 0 aliphatic carbocycles. The van der Waals surface area contributed by atoms with Gasteiger partial charge >= 0.3 is 0 Å². The molecule has 3 rings (SSSR count). The largest absolute Gasteiger partial charge is 0.370 e. The highest BCUT2D eigenvalue weighted by molar-refractivity contribution is 14.1. The number of hydrogen-bond donors (Lipinski definition) is 3. The van der Waals surface area contributed by atoms with Gasteiger partial charge in [-0.1, -0.05) is 18.2 Å². The van der Waals surface area contributed by atoms with Crippen molar-refractivity contribution in [3.63, 3.8) is 0 Å². The van der Waals surface area contributed by atoms with Crippen LogP contribution in [0.1, 0.15) is 18.4 Å². The lowest BCUT2D eigenvalue weighted by atomic mass is 10.0. The number of benzene rings is 1. The van der Waals surface area contributed by atoms with Gasteiger partial charge in [0.25, 0.3) is 0 Å². The van der Waals surface area contributed by atoms with E-state index in [1.165, 1.54) is 10.2 Å². The molecule has 5 nitrogen and oxygen atoms in total. The summed E-state index contributed by atoms with van der Waals surface area (Å²) in [6.07, 6.45) is 3.22. The van der Waals surface area contributed by atoms with E-state index in [0.29, 0.717) is 0 Å². The summed E-state index contributed by atoms with van der Waals surface area (Å²) in [5.41, 5.74) is 8.87. The fourth-order valence-electron chi connectivity index (χ4n) is 2.55. The fourth-order valence-corrected chi connectivity index (χ4v) is 3.19. The smallest absolute Gasteiger partial charge is 0.215 e. The SMILES string of the molecule is N=C(N)n1nc(-c2ccccc2I)c2c1NCCCC2. The first-order valence-corrected chi connectivity index (χ1v) is 7.71. The Morgan fingerprint density at radius 1 is 1.35 bits per heavy atom. The average Bonchev–Trinajstić information content (AvgIpc) is 2.63. The van der Waals surface area contributed by atoms with Crippen LogP contribution in [0.25, 0.3) is 11.3 Å². The van der Waals surface area contributed by atoms with Crippen molar-refractivity contribution >= 4 is 34.4 Å². The number of anilines is 1. The highest BCUT2D eigenvalue weighted by Crippen LogP contribution is 2.33. The molecular formula is C14H16IN5. The van der Waals surface area contributed by atoms with E-state index in [1.807, 2.05) is 12.1 Å². The molecule has 0 saturated carbocycles.